The van der Waals surface area contributed by atoms with Gasteiger partial charge in [-0.05, 0) is 54.3 Å². The summed E-state index contributed by atoms with van der Waals surface area (Å²) in [6, 6.07) is 1.75. The SMILES string of the molecule is CNCC1CCCN(C(=O)c2occc2Br)C1. The Labute approximate surface area is 109 Å². The first kappa shape index (κ1) is 12.6. The molecule has 2 rings (SSSR count). The summed E-state index contributed by atoms with van der Waals surface area (Å²) >= 11 is 3.33. The van der Waals surface area contributed by atoms with E-state index in [4.69, 9.17) is 4.42 Å². The molecule has 1 fully saturated rings. The lowest BCUT2D eigenvalue weighted by molar-refractivity contribution is 0.0641. The molecule has 1 atom stereocenters. The Morgan fingerprint density at radius 2 is 2.53 bits per heavy atom. The van der Waals surface area contributed by atoms with Crippen LogP contribution in [0.25, 0.3) is 0 Å². The van der Waals surface area contributed by atoms with Crippen molar-refractivity contribution < 1.29 is 9.21 Å². The average Bonchev–Trinajstić information content (AvgIpc) is 2.75. The van der Waals surface area contributed by atoms with Gasteiger partial charge in [0.25, 0.3) is 5.91 Å². The number of nitrogens with zero attached hydrogens (tertiary/aromatic N) is 1. The molecule has 1 aliphatic heterocycles. The Morgan fingerprint density at radius 3 is 3.18 bits per heavy atom. The number of likely N-dealkylation sites (tertiary alicyclic amines) is 1. The van der Waals surface area contributed by atoms with Crippen molar-refractivity contribution in [1.29, 1.82) is 0 Å². The highest BCUT2D eigenvalue weighted by molar-refractivity contribution is 9.10. The summed E-state index contributed by atoms with van der Waals surface area (Å²) in [5.41, 5.74) is 0. The smallest absolute Gasteiger partial charge is 0.290 e. The molecule has 1 saturated heterocycles. The molecule has 4 nitrogen and oxygen atoms in total. The minimum atomic E-state index is -0.0114. The zero-order chi connectivity index (χ0) is 12.3. The molecule has 1 aromatic heterocycles. The van der Waals surface area contributed by atoms with Crippen LogP contribution in [0.2, 0.25) is 0 Å². The number of halogens is 1. The number of hydrogen-bond donors (Lipinski definition) is 1. The van der Waals surface area contributed by atoms with Gasteiger partial charge in [0, 0.05) is 13.1 Å². The fourth-order valence-electron chi connectivity index (χ4n) is 2.29. The van der Waals surface area contributed by atoms with E-state index in [1.807, 2.05) is 11.9 Å². The Hall–Kier alpha value is -0.810. The lowest BCUT2D eigenvalue weighted by Gasteiger charge is -2.32. The molecule has 94 valence electrons. The van der Waals surface area contributed by atoms with Gasteiger partial charge in [-0.1, -0.05) is 0 Å². The zero-order valence-electron chi connectivity index (χ0n) is 9.91. The summed E-state index contributed by atoms with van der Waals surface area (Å²) in [5, 5.41) is 3.17. The second-order valence-corrected chi connectivity index (χ2v) is 5.27. The van der Waals surface area contributed by atoms with E-state index in [9.17, 15) is 4.79 Å². The molecule has 1 aromatic rings. The summed E-state index contributed by atoms with van der Waals surface area (Å²) in [6.07, 6.45) is 3.78. The molecule has 1 amide bonds. The number of rotatable bonds is 3. The molecule has 0 radical (unpaired) electrons. The highest BCUT2D eigenvalue weighted by atomic mass is 79.9. The maximum absolute atomic E-state index is 12.2. The summed E-state index contributed by atoms with van der Waals surface area (Å²) in [7, 11) is 1.95. The predicted octanol–water partition coefficient (Wildman–Crippen LogP) is 2.11. The van der Waals surface area contributed by atoms with Crippen LogP contribution in [0.15, 0.2) is 21.2 Å². The van der Waals surface area contributed by atoms with Gasteiger partial charge in [-0.2, -0.15) is 0 Å². The molecular formula is C12H17BrN2O2. The van der Waals surface area contributed by atoms with Crippen molar-refractivity contribution in [2.24, 2.45) is 5.92 Å². The Kier molecular flexibility index (Phi) is 4.23. The molecule has 2 heterocycles. The molecule has 0 saturated carbocycles. The van der Waals surface area contributed by atoms with Crippen molar-refractivity contribution in [2.75, 3.05) is 26.7 Å². The zero-order valence-corrected chi connectivity index (χ0v) is 11.5. The van der Waals surface area contributed by atoms with Crippen LogP contribution in [-0.2, 0) is 0 Å². The van der Waals surface area contributed by atoms with Gasteiger partial charge in [0.15, 0.2) is 0 Å². The fraction of sp³-hybridized carbons (Fsp3) is 0.583. The van der Waals surface area contributed by atoms with Crippen molar-refractivity contribution in [1.82, 2.24) is 10.2 Å². The monoisotopic (exact) mass is 300 g/mol. The molecular weight excluding hydrogens is 284 g/mol. The molecule has 1 unspecified atom stereocenters. The fourth-order valence-corrected chi connectivity index (χ4v) is 2.67. The Bertz CT molecular complexity index is 390. The first-order valence-corrected chi connectivity index (χ1v) is 6.68. The van der Waals surface area contributed by atoms with Crippen molar-refractivity contribution in [2.45, 2.75) is 12.8 Å². The van der Waals surface area contributed by atoms with Crippen LogP contribution in [0.4, 0.5) is 0 Å². The van der Waals surface area contributed by atoms with Gasteiger partial charge < -0.3 is 14.6 Å². The van der Waals surface area contributed by atoms with E-state index in [2.05, 4.69) is 21.2 Å². The van der Waals surface area contributed by atoms with E-state index in [0.717, 1.165) is 30.5 Å². The van der Waals surface area contributed by atoms with Crippen molar-refractivity contribution in [3.63, 3.8) is 0 Å². The van der Waals surface area contributed by atoms with Crippen LogP contribution in [0.5, 0.6) is 0 Å². The third kappa shape index (κ3) is 2.90. The number of carbonyl (C=O) groups excluding carboxylic acids is 1. The van der Waals surface area contributed by atoms with Gasteiger partial charge in [0.05, 0.1) is 10.7 Å². The number of hydrogen-bond acceptors (Lipinski definition) is 3. The van der Waals surface area contributed by atoms with Gasteiger partial charge in [0.2, 0.25) is 5.76 Å². The first-order valence-electron chi connectivity index (χ1n) is 5.89. The minimum Gasteiger partial charge on any atom is -0.458 e. The van der Waals surface area contributed by atoms with Gasteiger partial charge in [-0.25, -0.2) is 0 Å². The summed E-state index contributed by atoms with van der Waals surface area (Å²) in [5.74, 6) is 0.948. The summed E-state index contributed by atoms with van der Waals surface area (Å²) in [6.45, 7) is 2.60. The maximum atomic E-state index is 12.2. The van der Waals surface area contributed by atoms with E-state index < -0.39 is 0 Å². The normalized spacial score (nSPS) is 20.6. The first-order chi connectivity index (χ1) is 8.22. The van der Waals surface area contributed by atoms with E-state index >= 15 is 0 Å². The van der Waals surface area contributed by atoms with Crippen LogP contribution in [0.1, 0.15) is 23.4 Å². The number of piperidine rings is 1. The van der Waals surface area contributed by atoms with Crippen molar-refractivity contribution in [3.05, 3.63) is 22.6 Å². The van der Waals surface area contributed by atoms with Gasteiger partial charge >= 0.3 is 0 Å². The predicted molar refractivity (Wildman–Crippen MR) is 69.0 cm³/mol. The number of carbonyl (C=O) groups is 1. The molecule has 0 aromatic carbocycles. The van der Waals surface area contributed by atoms with Gasteiger partial charge in [-0.3, -0.25) is 4.79 Å². The molecule has 0 spiro atoms. The third-order valence-electron chi connectivity index (χ3n) is 3.11. The van der Waals surface area contributed by atoms with Crippen LogP contribution in [-0.4, -0.2) is 37.5 Å². The second-order valence-electron chi connectivity index (χ2n) is 4.41. The van der Waals surface area contributed by atoms with Crippen molar-refractivity contribution in [3.8, 4) is 0 Å². The van der Waals surface area contributed by atoms with E-state index in [1.54, 1.807) is 6.07 Å². The largest absolute Gasteiger partial charge is 0.458 e. The second kappa shape index (κ2) is 5.69. The minimum absolute atomic E-state index is 0.0114. The van der Waals surface area contributed by atoms with E-state index in [-0.39, 0.29) is 5.91 Å². The maximum Gasteiger partial charge on any atom is 0.290 e. The molecule has 1 aliphatic rings. The Morgan fingerprint density at radius 1 is 1.71 bits per heavy atom. The molecule has 17 heavy (non-hydrogen) atoms. The number of amides is 1. The van der Waals surface area contributed by atoms with Crippen LogP contribution < -0.4 is 5.32 Å². The quantitative estimate of drug-likeness (QED) is 0.930. The number of furan rings is 1. The van der Waals surface area contributed by atoms with Crippen LogP contribution in [0.3, 0.4) is 0 Å². The van der Waals surface area contributed by atoms with Gasteiger partial charge in [0.1, 0.15) is 0 Å². The van der Waals surface area contributed by atoms with Gasteiger partial charge in [-0.15, -0.1) is 0 Å². The van der Waals surface area contributed by atoms with E-state index in [0.29, 0.717) is 11.7 Å². The molecule has 0 aliphatic carbocycles. The van der Waals surface area contributed by atoms with E-state index in [1.165, 1.54) is 12.7 Å². The average molecular weight is 301 g/mol. The standard InChI is InChI=1S/C12H17BrN2O2/c1-14-7-9-3-2-5-15(8-9)12(16)11-10(13)4-6-17-11/h4,6,9,14H,2-3,5,7-8H2,1H3. The topological polar surface area (TPSA) is 45.5 Å². The van der Waals surface area contributed by atoms with Crippen molar-refractivity contribution >= 4 is 21.8 Å². The molecule has 1 N–H and O–H groups in total. The summed E-state index contributed by atoms with van der Waals surface area (Å²) in [4.78, 5) is 14.1. The third-order valence-corrected chi connectivity index (χ3v) is 3.73. The lowest BCUT2D eigenvalue weighted by Crippen LogP contribution is -2.42. The van der Waals surface area contributed by atoms with Crippen LogP contribution >= 0.6 is 15.9 Å². The highest BCUT2D eigenvalue weighted by Crippen LogP contribution is 2.23. The molecule has 0 bridgehead atoms. The lowest BCUT2D eigenvalue weighted by atomic mass is 9.98. The highest BCUT2D eigenvalue weighted by Gasteiger charge is 2.26. The number of nitrogens with one attached hydrogen (secondary N) is 1. The summed E-state index contributed by atoms with van der Waals surface area (Å²) < 4.78 is 5.96. The Balaban J connectivity index is 2.02. The van der Waals surface area contributed by atoms with Crippen LogP contribution in [0, 0.1) is 5.92 Å². The molecule has 5 heteroatoms.